The average molecular weight is 545 g/mol. The molecule has 1 aliphatic rings. The van der Waals surface area contributed by atoms with E-state index in [-0.39, 0.29) is 0 Å². The zero-order valence-electron chi connectivity index (χ0n) is 23.2. The van der Waals surface area contributed by atoms with Crippen LogP contribution in [0.1, 0.15) is 0 Å². The largest absolute Gasteiger partial charge is 0.457 e. The van der Waals surface area contributed by atoms with Gasteiger partial charge in [0.25, 0.3) is 0 Å². The SMILES string of the molecule is CN1CN(c2cc(Oc3cccc(-n4c5ccccc5c5cccnc54)c3)cc(-c3ccccc3)c2)c2ccccc21. The number of hydrogen-bond donors (Lipinski definition) is 0. The van der Waals surface area contributed by atoms with E-state index in [4.69, 9.17) is 9.72 Å². The van der Waals surface area contributed by atoms with Crippen molar-refractivity contribution in [2.24, 2.45) is 0 Å². The highest BCUT2D eigenvalue weighted by Crippen LogP contribution is 2.42. The van der Waals surface area contributed by atoms with Gasteiger partial charge in [0.05, 0.1) is 29.2 Å². The summed E-state index contributed by atoms with van der Waals surface area (Å²) in [6, 6.07) is 46.3. The summed E-state index contributed by atoms with van der Waals surface area (Å²) in [5, 5.41) is 2.32. The van der Waals surface area contributed by atoms with Crippen molar-refractivity contribution in [2.75, 3.05) is 23.5 Å². The second-order valence-corrected chi connectivity index (χ2v) is 10.7. The van der Waals surface area contributed by atoms with E-state index in [9.17, 15) is 0 Å². The monoisotopic (exact) mass is 544 g/mol. The Hall–Kier alpha value is -5.55. The lowest BCUT2D eigenvalue weighted by Gasteiger charge is -2.22. The molecule has 0 aliphatic carbocycles. The number of nitrogens with zero attached hydrogens (tertiary/aromatic N) is 4. The molecule has 0 radical (unpaired) electrons. The number of rotatable bonds is 5. The summed E-state index contributed by atoms with van der Waals surface area (Å²) in [6.07, 6.45) is 1.85. The fourth-order valence-corrected chi connectivity index (χ4v) is 6.08. The molecule has 5 heteroatoms. The highest BCUT2D eigenvalue weighted by atomic mass is 16.5. The van der Waals surface area contributed by atoms with Crippen LogP contribution in [0.15, 0.2) is 140 Å². The van der Waals surface area contributed by atoms with Crippen LogP contribution in [0.2, 0.25) is 0 Å². The number of benzene rings is 5. The zero-order chi connectivity index (χ0) is 28.0. The van der Waals surface area contributed by atoms with Crippen LogP contribution in [-0.4, -0.2) is 23.3 Å². The normalized spacial score (nSPS) is 12.7. The molecule has 5 nitrogen and oxygen atoms in total. The van der Waals surface area contributed by atoms with E-state index in [1.54, 1.807) is 0 Å². The van der Waals surface area contributed by atoms with Gasteiger partial charge in [0.15, 0.2) is 0 Å². The number of hydrogen-bond acceptors (Lipinski definition) is 4. The number of para-hydroxylation sites is 3. The van der Waals surface area contributed by atoms with Gasteiger partial charge in [-0.1, -0.05) is 66.7 Å². The molecule has 0 fully saturated rings. The molecule has 1 aliphatic heterocycles. The number of anilines is 3. The maximum Gasteiger partial charge on any atom is 0.145 e. The molecule has 0 amide bonds. The number of fused-ring (bicyclic) bond motifs is 4. The summed E-state index contributed by atoms with van der Waals surface area (Å²) < 4.78 is 8.85. The molecule has 0 bridgehead atoms. The molecule has 0 saturated carbocycles. The van der Waals surface area contributed by atoms with Crippen LogP contribution in [0.3, 0.4) is 0 Å². The molecular weight excluding hydrogens is 516 g/mol. The maximum atomic E-state index is 6.64. The first kappa shape index (κ1) is 24.3. The highest BCUT2D eigenvalue weighted by molar-refractivity contribution is 6.07. The van der Waals surface area contributed by atoms with Gasteiger partial charge in [-0.2, -0.15) is 0 Å². The summed E-state index contributed by atoms with van der Waals surface area (Å²) >= 11 is 0. The lowest BCUT2D eigenvalue weighted by molar-refractivity contribution is 0.483. The van der Waals surface area contributed by atoms with Crippen LogP contribution < -0.4 is 14.5 Å². The van der Waals surface area contributed by atoms with Crippen molar-refractivity contribution in [3.8, 4) is 28.3 Å². The van der Waals surface area contributed by atoms with Gasteiger partial charge in [-0.3, -0.25) is 4.57 Å². The van der Waals surface area contributed by atoms with Gasteiger partial charge in [0, 0.05) is 41.8 Å². The molecule has 0 atom stereocenters. The van der Waals surface area contributed by atoms with Gasteiger partial charge < -0.3 is 14.5 Å². The van der Waals surface area contributed by atoms with Crippen molar-refractivity contribution >= 4 is 39.0 Å². The van der Waals surface area contributed by atoms with Gasteiger partial charge in [-0.15, -0.1) is 0 Å². The van der Waals surface area contributed by atoms with Gasteiger partial charge in [-0.25, -0.2) is 4.98 Å². The summed E-state index contributed by atoms with van der Waals surface area (Å²) in [4.78, 5) is 9.36. The maximum absolute atomic E-state index is 6.64. The van der Waals surface area contributed by atoms with E-state index in [0.717, 1.165) is 57.2 Å². The Morgan fingerprint density at radius 2 is 1.36 bits per heavy atom. The van der Waals surface area contributed by atoms with Crippen molar-refractivity contribution in [1.29, 1.82) is 0 Å². The van der Waals surface area contributed by atoms with E-state index in [0.29, 0.717) is 0 Å². The molecule has 202 valence electrons. The first-order chi connectivity index (χ1) is 20.7. The fraction of sp³-hybridized carbons (Fsp3) is 0.0541. The summed E-state index contributed by atoms with van der Waals surface area (Å²) in [5.74, 6) is 1.56. The van der Waals surface area contributed by atoms with Crippen molar-refractivity contribution in [2.45, 2.75) is 0 Å². The van der Waals surface area contributed by atoms with Crippen molar-refractivity contribution in [1.82, 2.24) is 9.55 Å². The highest BCUT2D eigenvalue weighted by Gasteiger charge is 2.25. The molecule has 0 unspecified atom stereocenters. The Morgan fingerprint density at radius 3 is 2.26 bits per heavy atom. The van der Waals surface area contributed by atoms with E-state index in [1.807, 2.05) is 30.5 Å². The first-order valence-electron chi connectivity index (χ1n) is 14.1. The Labute approximate surface area is 244 Å². The van der Waals surface area contributed by atoms with Crippen LogP contribution in [-0.2, 0) is 0 Å². The van der Waals surface area contributed by atoms with Crippen LogP contribution in [0, 0.1) is 0 Å². The fourth-order valence-electron chi connectivity index (χ4n) is 6.08. The molecule has 2 aromatic heterocycles. The Kier molecular flexibility index (Phi) is 5.67. The molecular formula is C37H28N4O. The predicted octanol–water partition coefficient (Wildman–Crippen LogP) is 9.18. The minimum absolute atomic E-state index is 0.768. The summed E-state index contributed by atoms with van der Waals surface area (Å²) in [5.41, 5.74) is 8.81. The molecule has 8 rings (SSSR count). The zero-order valence-corrected chi connectivity index (χ0v) is 23.2. The van der Waals surface area contributed by atoms with Crippen molar-refractivity contribution in [3.05, 3.63) is 140 Å². The molecule has 5 aromatic carbocycles. The molecule has 0 saturated heterocycles. The van der Waals surface area contributed by atoms with Gasteiger partial charge in [0.1, 0.15) is 17.1 Å². The lowest BCUT2D eigenvalue weighted by atomic mass is 10.0. The smallest absolute Gasteiger partial charge is 0.145 e. The van der Waals surface area contributed by atoms with Crippen LogP contribution in [0.5, 0.6) is 11.5 Å². The summed E-state index contributed by atoms with van der Waals surface area (Å²) in [6.45, 7) is 0.771. The van der Waals surface area contributed by atoms with E-state index in [2.05, 4.69) is 131 Å². The third-order valence-corrected chi connectivity index (χ3v) is 7.99. The third kappa shape index (κ3) is 4.06. The average Bonchev–Trinajstić information content (AvgIpc) is 3.56. The van der Waals surface area contributed by atoms with Gasteiger partial charge in [0.2, 0.25) is 0 Å². The van der Waals surface area contributed by atoms with Crippen LogP contribution in [0.25, 0.3) is 38.8 Å². The van der Waals surface area contributed by atoms with Gasteiger partial charge in [-0.05, 0) is 65.7 Å². The number of aromatic nitrogens is 2. The Balaban J connectivity index is 1.23. The van der Waals surface area contributed by atoms with E-state index < -0.39 is 0 Å². The first-order valence-corrected chi connectivity index (χ1v) is 14.1. The second-order valence-electron chi connectivity index (χ2n) is 10.7. The molecule has 7 aromatic rings. The van der Waals surface area contributed by atoms with E-state index in [1.165, 1.54) is 16.8 Å². The lowest BCUT2D eigenvalue weighted by Crippen LogP contribution is -2.24. The third-order valence-electron chi connectivity index (χ3n) is 7.99. The standard InChI is InChI=1S/C37H28N4O/c1-39-25-40(36-19-8-7-18-35(36)39)29-21-27(26-11-3-2-4-12-26)22-31(24-29)42-30-14-9-13-28(23-30)41-34-17-6-5-15-32(34)33-16-10-20-38-37(33)41/h2-24H,25H2,1H3. The minimum Gasteiger partial charge on any atom is -0.457 e. The number of ether oxygens (including phenoxy) is 1. The minimum atomic E-state index is 0.768. The van der Waals surface area contributed by atoms with Gasteiger partial charge >= 0.3 is 0 Å². The number of pyridine rings is 1. The van der Waals surface area contributed by atoms with E-state index >= 15 is 0 Å². The molecule has 0 N–H and O–H groups in total. The molecule has 3 heterocycles. The summed E-state index contributed by atoms with van der Waals surface area (Å²) in [7, 11) is 2.13. The van der Waals surface area contributed by atoms with Crippen LogP contribution >= 0.6 is 0 Å². The van der Waals surface area contributed by atoms with Crippen molar-refractivity contribution < 1.29 is 4.74 Å². The Bertz CT molecular complexity index is 2030. The Morgan fingerprint density at radius 1 is 0.595 bits per heavy atom. The van der Waals surface area contributed by atoms with Crippen molar-refractivity contribution in [3.63, 3.8) is 0 Å². The molecule has 42 heavy (non-hydrogen) atoms. The quantitative estimate of drug-likeness (QED) is 0.216. The molecule has 0 spiro atoms. The second kappa shape index (κ2) is 9.82. The topological polar surface area (TPSA) is 33.5 Å². The van der Waals surface area contributed by atoms with Crippen LogP contribution in [0.4, 0.5) is 17.1 Å². The predicted molar refractivity (Wildman–Crippen MR) is 172 cm³/mol.